The monoisotopic (exact) mass is 441 g/mol. The molecule has 2 nitrogen and oxygen atoms in total. The summed E-state index contributed by atoms with van der Waals surface area (Å²) in [6.45, 7) is 10.2. The van der Waals surface area contributed by atoms with Crippen LogP contribution < -0.4 is 4.74 Å². The van der Waals surface area contributed by atoms with Gasteiger partial charge in [-0.25, -0.2) is 0 Å². The number of rotatable bonds is 15. The highest BCUT2D eigenvalue weighted by Gasteiger charge is 2.05. The molecule has 0 aliphatic heterocycles. The van der Waals surface area contributed by atoms with Crippen LogP contribution in [0.2, 0.25) is 5.02 Å². The molecule has 0 saturated carbocycles. The Morgan fingerprint density at radius 1 is 0.774 bits per heavy atom. The largest absolute Gasteiger partial charge is 0.457 e. The third-order valence-corrected chi connectivity index (χ3v) is 5.92. The predicted molar refractivity (Wildman–Crippen MR) is 136 cm³/mol. The van der Waals surface area contributed by atoms with Crippen LogP contribution in [-0.2, 0) is 0 Å². The second-order valence-corrected chi connectivity index (χ2v) is 8.83. The summed E-state index contributed by atoms with van der Waals surface area (Å²) in [7, 11) is 0. The van der Waals surface area contributed by atoms with E-state index in [1.165, 1.54) is 75.6 Å². The van der Waals surface area contributed by atoms with Crippen LogP contribution in [0.4, 0.5) is 0 Å². The fraction of sp³-hybridized carbons (Fsp3) is 0.500. The van der Waals surface area contributed by atoms with E-state index in [4.69, 9.17) is 16.3 Å². The summed E-state index contributed by atoms with van der Waals surface area (Å²) in [4.78, 5) is 2.63. The van der Waals surface area contributed by atoms with Crippen molar-refractivity contribution in [3.05, 3.63) is 65.2 Å². The van der Waals surface area contributed by atoms with Crippen LogP contribution >= 0.6 is 11.6 Å². The molecule has 0 aliphatic carbocycles. The lowest BCUT2D eigenvalue weighted by molar-refractivity contribution is 0.287. The van der Waals surface area contributed by atoms with E-state index in [2.05, 4.69) is 43.9 Å². The van der Waals surface area contributed by atoms with Crippen LogP contribution in [0.1, 0.15) is 77.7 Å². The molecular weight excluding hydrogens is 402 g/mol. The van der Waals surface area contributed by atoms with Gasteiger partial charge in [0, 0.05) is 11.6 Å². The zero-order chi connectivity index (χ0) is 22.3. The maximum absolute atomic E-state index is 5.94. The topological polar surface area (TPSA) is 12.5 Å². The first-order chi connectivity index (χ1) is 15.1. The highest BCUT2D eigenvalue weighted by molar-refractivity contribution is 6.30. The first-order valence-electron chi connectivity index (χ1n) is 12.0. The lowest BCUT2D eigenvalue weighted by Gasteiger charge is -2.21. The molecule has 2 aromatic rings. The summed E-state index contributed by atoms with van der Waals surface area (Å²) in [6.07, 6.45) is 13.0. The molecule has 0 atom stereocenters. The van der Waals surface area contributed by atoms with Gasteiger partial charge in [0.25, 0.3) is 0 Å². The summed E-state index contributed by atoms with van der Waals surface area (Å²) in [6, 6.07) is 15.8. The molecule has 0 saturated heterocycles. The number of allylic oxidation sites excluding steroid dienone is 1. The maximum Gasteiger partial charge on any atom is 0.127 e. The SMILES string of the molecule is CCCCCCN(CC=C(C)c1ccc(Oc2ccc(Cl)cc2)cc1)CCCCCC. The Morgan fingerprint density at radius 2 is 1.29 bits per heavy atom. The van der Waals surface area contributed by atoms with E-state index < -0.39 is 0 Å². The van der Waals surface area contributed by atoms with Gasteiger partial charge in [0.1, 0.15) is 11.5 Å². The van der Waals surface area contributed by atoms with Gasteiger partial charge in [-0.2, -0.15) is 0 Å². The summed E-state index contributed by atoms with van der Waals surface area (Å²) < 4.78 is 5.91. The lowest BCUT2D eigenvalue weighted by atomic mass is 10.1. The molecule has 31 heavy (non-hydrogen) atoms. The van der Waals surface area contributed by atoms with E-state index in [-0.39, 0.29) is 0 Å². The van der Waals surface area contributed by atoms with E-state index in [1.807, 2.05) is 36.4 Å². The van der Waals surface area contributed by atoms with Gasteiger partial charge in [-0.05, 0) is 80.4 Å². The van der Waals surface area contributed by atoms with Crippen LogP contribution in [0.15, 0.2) is 54.6 Å². The van der Waals surface area contributed by atoms with Gasteiger partial charge in [0.15, 0.2) is 0 Å². The zero-order valence-corrected chi connectivity index (χ0v) is 20.5. The van der Waals surface area contributed by atoms with E-state index >= 15 is 0 Å². The molecule has 0 heterocycles. The molecule has 0 N–H and O–H groups in total. The molecule has 0 spiro atoms. The minimum Gasteiger partial charge on any atom is -0.457 e. The molecule has 0 aliphatic rings. The van der Waals surface area contributed by atoms with Crippen molar-refractivity contribution in [3.63, 3.8) is 0 Å². The van der Waals surface area contributed by atoms with Crippen molar-refractivity contribution in [2.24, 2.45) is 0 Å². The van der Waals surface area contributed by atoms with Crippen molar-refractivity contribution in [1.82, 2.24) is 4.90 Å². The smallest absolute Gasteiger partial charge is 0.127 e. The van der Waals surface area contributed by atoms with E-state index in [0.717, 1.165) is 18.0 Å². The van der Waals surface area contributed by atoms with Crippen LogP contribution in [-0.4, -0.2) is 24.5 Å². The third kappa shape index (κ3) is 10.4. The van der Waals surface area contributed by atoms with Crippen molar-refractivity contribution in [2.75, 3.05) is 19.6 Å². The maximum atomic E-state index is 5.94. The van der Waals surface area contributed by atoms with E-state index in [9.17, 15) is 0 Å². The van der Waals surface area contributed by atoms with Crippen LogP contribution in [0, 0.1) is 0 Å². The zero-order valence-electron chi connectivity index (χ0n) is 19.7. The van der Waals surface area contributed by atoms with Crippen molar-refractivity contribution >= 4 is 17.2 Å². The number of halogens is 1. The summed E-state index contributed by atoms with van der Waals surface area (Å²) >= 11 is 5.94. The summed E-state index contributed by atoms with van der Waals surface area (Å²) in [5.74, 6) is 1.64. The Morgan fingerprint density at radius 3 is 1.81 bits per heavy atom. The van der Waals surface area contributed by atoms with Crippen molar-refractivity contribution in [3.8, 4) is 11.5 Å². The Bertz CT molecular complexity index is 740. The number of ether oxygens (including phenoxy) is 1. The lowest BCUT2D eigenvalue weighted by Crippen LogP contribution is -2.26. The standard InChI is InChI=1S/C28H40ClNO/c1-4-6-8-10-21-30(22-11-9-7-5-2)23-20-24(3)25-12-16-27(17-13-25)31-28-18-14-26(29)15-19-28/h12-20H,4-11,21-23H2,1-3H3. The van der Waals surface area contributed by atoms with Crippen LogP contribution in [0.5, 0.6) is 11.5 Å². The molecule has 0 bridgehead atoms. The molecule has 3 heteroatoms. The molecule has 2 rings (SSSR count). The average Bonchev–Trinajstić information content (AvgIpc) is 2.79. The molecule has 0 fully saturated rings. The second-order valence-electron chi connectivity index (χ2n) is 8.39. The van der Waals surface area contributed by atoms with E-state index in [0.29, 0.717) is 5.02 Å². The number of hydrogen-bond donors (Lipinski definition) is 0. The van der Waals surface area contributed by atoms with Gasteiger partial charge < -0.3 is 4.74 Å². The molecule has 170 valence electrons. The van der Waals surface area contributed by atoms with Crippen LogP contribution in [0.25, 0.3) is 5.57 Å². The minimum absolute atomic E-state index is 0.716. The van der Waals surface area contributed by atoms with Gasteiger partial charge in [-0.3, -0.25) is 4.90 Å². The molecule has 0 unspecified atom stereocenters. The van der Waals surface area contributed by atoms with Gasteiger partial charge in [-0.15, -0.1) is 0 Å². The number of nitrogens with zero attached hydrogens (tertiary/aromatic N) is 1. The number of hydrogen-bond acceptors (Lipinski definition) is 2. The molecule has 0 radical (unpaired) electrons. The number of unbranched alkanes of at least 4 members (excludes halogenated alkanes) is 6. The fourth-order valence-electron chi connectivity index (χ4n) is 3.63. The average molecular weight is 442 g/mol. The second kappa shape index (κ2) is 15.1. The first-order valence-corrected chi connectivity index (χ1v) is 12.4. The molecule has 0 aromatic heterocycles. The predicted octanol–water partition coefficient (Wildman–Crippen LogP) is 9.00. The van der Waals surface area contributed by atoms with Gasteiger partial charge >= 0.3 is 0 Å². The Balaban J connectivity index is 1.90. The van der Waals surface area contributed by atoms with Crippen molar-refractivity contribution in [1.29, 1.82) is 0 Å². The molecule has 0 amide bonds. The normalized spacial score (nSPS) is 11.8. The summed E-state index contributed by atoms with van der Waals surface area (Å²) in [5.41, 5.74) is 2.57. The Hall–Kier alpha value is -1.77. The third-order valence-electron chi connectivity index (χ3n) is 5.67. The first kappa shape index (κ1) is 25.5. The van der Waals surface area contributed by atoms with Gasteiger partial charge in [0.05, 0.1) is 0 Å². The molecule has 2 aromatic carbocycles. The van der Waals surface area contributed by atoms with Crippen molar-refractivity contribution in [2.45, 2.75) is 72.1 Å². The Labute approximate surface area is 195 Å². The Kier molecular flexibility index (Phi) is 12.4. The van der Waals surface area contributed by atoms with Crippen LogP contribution in [0.3, 0.4) is 0 Å². The summed E-state index contributed by atoms with van der Waals surface area (Å²) in [5, 5.41) is 0.716. The highest BCUT2D eigenvalue weighted by atomic mass is 35.5. The fourth-order valence-corrected chi connectivity index (χ4v) is 3.75. The minimum atomic E-state index is 0.716. The quantitative estimate of drug-likeness (QED) is 0.255. The molecular formula is C28H40ClNO. The van der Waals surface area contributed by atoms with Gasteiger partial charge in [-0.1, -0.05) is 82.2 Å². The van der Waals surface area contributed by atoms with Crippen molar-refractivity contribution < 1.29 is 4.74 Å². The van der Waals surface area contributed by atoms with Gasteiger partial charge in [0.2, 0.25) is 0 Å². The van der Waals surface area contributed by atoms with E-state index in [1.54, 1.807) is 0 Å². The number of benzene rings is 2. The highest BCUT2D eigenvalue weighted by Crippen LogP contribution is 2.25.